The highest BCUT2D eigenvalue weighted by molar-refractivity contribution is 5.90. The van der Waals surface area contributed by atoms with Gasteiger partial charge in [-0.05, 0) is 62.1 Å². The summed E-state index contributed by atoms with van der Waals surface area (Å²) in [6, 6.07) is 5.71. The number of rotatable bonds is 7. The fraction of sp³-hybridized carbons (Fsp3) is 0.520. The van der Waals surface area contributed by atoms with Gasteiger partial charge in [0.15, 0.2) is 0 Å². The molecule has 0 saturated heterocycles. The molecule has 1 unspecified atom stereocenters. The minimum Gasteiger partial charge on any atom is -0.512 e. The maximum atomic E-state index is 13.1. The van der Waals surface area contributed by atoms with E-state index in [4.69, 9.17) is 4.74 Å². The van der Waals surface area contributed by atoms with Crippen molar-refractivity contribution in [1.82, 2.24) is 9.97 Å². The predicted octanol–water partition coefficient (Wildman–Crippen LogP) is 4.85. The first-order valence-electron chi connectivity index (χ1n) is 11.4. The number of hydrogen-bond donors (Lipinski definition) is 3. The molecule has 0 spiro atoms. The molecule has 2 aliphatic rings. The van der Waals surface area contributed by atoms with Crippen LogP contribution < -0.4 is 0 Å². The van der Waals surface area contributed by atoms with E-state index in [0.29, 0.717) is 24.2 Å². The number of imidazole rings is 1. The van der Waals surface area contributed by atoms with Crippen molar-refractivity contribution in [2.45, 2.75) is 77.2 Å². The lowest BCUT2D eigenvalue weighted by molar-refractivity contribution is -0.167. The van der Waals surface area contributed by atoms with Crippen molar-refractivity contribution in [2.75, 3.05) is 0 Å². The molecule has 6 nitrogen and oxygen atoms in total. The number of aliphatic hydroxyl groups is 1. The van der Waals surface area contributed by atoms with Gasteiger partial charge in [0.2, 0.25) is 0 Å². The van der Waals surface area contributed by atoms with Crippen molar-refractivity contribution in [3.05, 3.63) is 58.4 Å². The number of carbonyl (C=O) groups excluding carboxylic acids is 1. The van der Waals surface area contributed by atoms with Crippen molar-refractivity contribution in [3.8, 4) is 5.75 Å². The molecular weight excluding hydrogens is 392 g/mol. The predicted molar refractivity (Wildman–Crippen MR) is 118 cm³/mol. The summed E-state index contributed by atoms with van der Waals surface area (Å²) in [5, 5.41) is 20.9. The van der Waals surface area contributed by atoms with Crippen LogP contribution in [0.2, 0.25) is 0 Å². The number of phenols is 1. The molecule has 1 aliphatic carbocycles. The minimum absolute atomic E-state index is 0.144. The highest BCUT2D eigenvalue weighted by Crippen LogP contribution is 2.46. The molecule has 2 aromatic rings. The topological polar surface area (TPSA) is 95.4 Å². The van der Waals surface area contributed by atoms with Crippen molar-refractivity contribution >= 4 is 5.97 Å². The van der Waals surface area contributed by atoms with Crippen LogP contribution in [-0.2, 0) is 28.8 Å². The molecule has 1 atom stereocenters. The Hall–Kier alpha value is -2.76. The zero-order chi connectivity index (χ0) is 22.0. The number of nitrogens with zero attached hydrogens (tertiary/aromatic N) is 1. The summed E-state index contributed by atoms with van der Waals surface area (Å²) in [5.41, 5.74) is 3.33. The van der Waals surface area contributed by atoms with Crippen LogP contribution in [0.3, 0.4) is 0 Å². The third-order valence-corrected chi connectivity index (χ3v) is 7.10. The third kappa shape index (κ3) is 4.34. The first kappa shape index (κ1) is 21.5. The molecule has 1 aliphatic heterocycles. The number of aromatic hydroxyl groups is 1. The first-order chi connectivity index (χ1) is 14.9. The van der Waals surface area contributed by atoms with E-state index in [2.05, 4.69) is 9.97 Å². The highest BCUT2D eigenvalue weighted by Gasteiger charge is 2.48. The number of phenolic OH excluding ortho intramolecular Hbond substituents is 1. The molecule has 1 aromatic carbocycles. The van der Waals surface area contributed by atoms with Crippen molar-refractivity contribution in [2.24, 2.45) is 5.92 Å². The number of aryl methyl sites for hydroxylation is 3. The fourth-order valence-corrected chi connectivity index (χ4v) is 5.15. The standard InChI is InChI=1S/C25H32N2O4/c1-3-18-12-17(8-9-22(18)28)10-11-25(19-6-4-5-7-19)14-23(29)20(24(30)31-25)13-21-16(2)26-15-27-21/h8-9,12,15,19,28-29H,3-7,10-11,13-14H2,1-2H3,(H,26,27). The summed E-state index contributed by atoms with van der Waals surface area (Å²) in [6.07, 6.45) is 8.70. The number of hydrogen-bond acceptors (Lipinski definition) is 5. The van der Waals surface area contributed by atoms with Crippen LogP contribution in [0.4, 0.5) is 0 Å². The van der Waals surface area contributed by atoms with Crippen LogP contribution >= 0.6 is 0 Å². The van der Waals surface area contributed by atoms with Gasteiger partial charge in [-0.1, -0.05) is 31.9 Å². The Morgan fingerprint density at radius 1 is 1.26 bits per heavy atom. The monoisotopic (exact) mass is 424 g/mol. The molecule has 0 radical (unpaired) electrons. The average molecular weight is 425 g/mol. The Morgan fingerprint density at radius 3 is 2.68 bits per heavy atom. The molecule has 31 heavy (non-hydrogen) atoms. The molecule has 1 saturated carbocycles. The summed E-state index contributed by atoms with van der Waals surface area (Å²) >= 11 is 0. The molecule has 166 valence electrons. The van der Waals surface area contributed by atoms with Gasteiger partial charge in [-0.25, -0.2) is 9.78 Å². The SMILES string of the molecule is CCc1cc(CCC2(C3CCCC3)CC(O)=C(Cc3nc[nH]c3C)C(=O)O2)ccc1O. The number of benzene rings is 1. The second kappa shape index (κ2) is 8.77. The molecule has 0 amide bonds. The quantitative estimate of drug-likeness (QED) is 0.552. The van der Waals surface area contributed by atoms with Gasteiger partial charge < -0.3 is 19.9 Å². The number of aliphatic hydroxyl groups excluding tert-OH is 1. The lowest BCUT2D eigenvalue weighted by Gasteiger charge is -2.42. The number of ether oxygens (including phenoxy) is 1. The highest BCUT2D eigenvalue weighted by atomic mass is 16.6. The normalized spacial score (nSPS) is 22.2. The summed E-state index contributed by atoms with van der Waals surface area (Å²) in [4.78, 5) is 20.3. The van der Waals surface area contributed by atoms with Crippen molar-refractivity contribution in [3.63, 3.8) is 0 Å². The zero-order valence-corrected chi connectivity index (χ0v) is 18.4. The van der Waals surface area contributed by atoms with E-state index in [9.17, 15) is 15.0 Å². The molecule has 1 aromatic heterocycles. The Labute approximate surface area is 183 Å². The molecule has 4 rings (SSSR count). The minimum atomic E-state index is -0.675. The number of aromatic nitrogens is 2. The summed E-state index contributed by atoms with van der Waals surface area (Å²) < 4.78 is 6.19. The number of H-pyrrole nitrogens is 1. The number of aromatic amines is 1. The van der Waals surface area contributed by atoms with E-state index in [-0.39, 0.29) is 18.1 Å². The van der Waals surface area contributed by atoms with Crippen LogP contribution in [0.25, 0.3) is 0 Å². The molecular formula is C25H32N2O4. The van der Waals surface area contributed by atoms with Crippen LogP contribution in [0.1, 0.15) is 68.0 Å². The van der Waals surface area contributed by atoms with Gasteiger partial charge in [-0.2, -0.15) is 0 Å². The lowest BCUT2D eigenvalue weighted by atomic mass is 9.76. The van der Waals surface area contributed by atoms with E-state index in [1.807, 2.05) is 26.0 Å². The van der Waals surface area contributed by atoms with Crippen LogP contribution in [0.15, 0.2) is 35.9 Å². The van der Waals surface area contributed by atoms with Gasteiger partial charge in [0.1, 0.15) is 17.1 Å². The van der Waals surface area contributed by atoms with Crippen LogP contribution in [0.5, 0.6) is 5.75 Å². The molecule has 2 heterocycles. The van der Waals surface area contributed by atoms with Gasteiger partial charge in [0, 0.05) is 18.5 Å². The summed E-state index contributed by atoms with van der Waals surface area (Å²) in [6.45, 7) is 3.92. The number of cyclic esters (lactones) is 1. The number of nitrogens with one attached hydrogen (secondary N) is 1. The van der Waals surface area contributed by atoms with Gasteiger partial charge in [-0.15, -0.1) is 0 Å². The zero-order valence-electron chi connectivity index (χ0n) is 18.4. The van der Waals surface area contributed by atoms with Crippen molar-refractivity contribution in [1.29, 1.82) is 0 Å². The van der Waals surface area contributed by atoms with E-state index >= 15 is 0 Å². The Morgan fingerprint density at radius 2 is 2.03 bits per heavy atom. The average Bonchev–Trinajstić information content (AvgIpc) is 3.42. The van der Waals surface area contributed by atoms with E-state index in [1.165, 1.54) is 0 Å². The first-order valence-corrected chi connectivity index (χ1v) is 11.4. The maximum Gasteiger partial charge on any atom is 0.338 e. The smallest absolute Gasteiger partial charge is 0.338 e. The fourth-order valence-electron chi connectivity index (χ4n) is 5.15. The molecule has 0 bridgehead atoms. The van der Waals surface area contributed by atoms with Gasteiger partial charge in [-0.3, -0.25) is 0 Å². The molecule has 6 heteroatoms. The van der Waals surface area contributed by atoms with E-state index in [1.54, 1.807) is 12.4 Å². The number of carbonyl (C=O) groups is 1. The van der Waals surface area contributed by atoms with Gasteiger partial charge >= 0.3 is 5.97 Å². The Kier molecular flexibility index (Phi) is 6.08. The van der Waals surface area contributed by atoms with Crippen LogP contribution in [-0.4, -0.2) is 31.8 Å². The largest absolute Gasteiger partial charge is 0.512 e. The number of esters is 1. The lowest BCUT2D eigenvalue weighted by Crippen LogP contribution is -2.46. The molecule has 1 fully saturated rings. The maximum absolute atomic E-state index is 13.1. The third-order valence-electron chi connectivity index (χ3n) is 7.10. The van der Waals surface area contributed by atoms with E-state index < -0.39 is 11.6 Å². The summed E-state index contributed by atoms with van der Waals surface area (Å²) in [5.74, 6) is 0.304. The second-order valence-electron chi connectivity index (χ2n) is 9.01. The van der Waals surface area contributed by atoms with Gasteiger partial charge in [0.05, 0.1) is 17.6 Å². The van der Waals surface area contributed by atoms with E-state index in [0.717, 1.165) is 61.0 Å². The van der Waals surface area contributed by atoms with Gasteiger partial charge in [0.25, 0.3) is 0 Å². The Balaban J connectivity index is 1.58. The van der Waals surface area contributed by atoms with Crippen LogP contribution in [0, 0.1) is 12.8 Å². The summed E-state index contributed by atoms with van der Waals surface area (Å²) in [7, 11) is 0. The second-order valence-corrected chi connectivity index (χ2v) is 9.01. The van der Waals surface area contributed by atoms with Crippen molar-refractivity contribution < 1.29 is 19.7 Å². The molecule has 3 N–H and O–H groups in total. The Bertz CT molecular complexity index is 987.